The summed E-state index contributed by atoms with van der Waals surface area (Å²) in [5, 5.41) is 8.78. The van der Waals surface area contributed by atoms with Gasteiger partial charge in [0, 0.05) is 42.0 Å². The molecular formula is C19H19N3O3. The molecule has 6 heteroatoms. The molecule has 128 valence electrons. The Labute approximate surface area is 145 Å². The Morgan fingerprint density at radius 3 is 2.72 bits per heavy atom. The Bertz CT molecular complexity index is 837. The zero-order chi connectivity index (χ0) is 17.4. The molecule has 2 heterocycles. The van der Waals surface area contributed by atoms with E-state index < -0.39 is 5.91 Å². The lowest BCUT2D eigenvalue weighted by molar-refractivity contribution is -0.117. The van der Waals surface area contributed by atoms with E-state index in [1.54, 1.807) is 23.9 Å². The molecule has 0 bridgehead atoms. The highest BCUT2D eigenvalue weighted by Gasteiger charge is 2.45. The second-order valence-corrected chi connectivity index (χ2v) is 6.96. The zero-order valence-electron chi connectivity index (χ0n) is 13.7. The van der Waals surface area contributed by atoms with Crippen LogP contribution in [0.5, 0.6) is 0 Å². The summed E-state index contributed by atoms with van der Waals surface area (Å²) in [4.78, 5) is 30.0. The van der Waals surface area contributed by atoms with Gasteiger partial charge < -0.3 is 4.90 Å². The van der Waals surface area contributed by atoms with E-state index in [0.29, 0.717) is 18.5 Å². The summed E-state index contributed by atoms with van der Waals surface area (Å²) >= 11 is 0. The first-order valence-electron chi connectivity index (χ1n) is 8.37. The Balaban J connectivity index is 1.58. The molecule has 6 nitrogen and oxygen atoms in total. The van der Waals surface area contributed by atoms with E-state index >= 15 is 0 Å². The van der Waals surface area contributed by atoms with Crippen LogP contribution >= 0.6 is 0 Å². The molecule has 0 saturated carbocycles. The fourth-order valence-electron chi connectivity index (χ4n) is 4.07. The Morgan fingerprint density at radius 1 is 1.16 bits per heavy atom. The van der Waals surface area contributed by atoms with Gasteiger partial charge in [0.15, 0.2) is 0 Å². The Morgan fingerprint density at radius 2 is 1.96 bits per heavy atom. The number of hydrogen-bond acceptors (Lipinski definition) is 4. The van der Waals surface area contributed by atoms with Crippen LogP contribution in [0.1, 0.15) is 34.3 Å². The Hall–Kier alpha value is -2.73. The molecule has 1 aromatic heterocycles. The molecule has 1 aliphatic heterocycles. The van der Waals surface area contributed by atoms with Gasteiger partial charge in [0.2, 0.25) is 5.91 Å². The SMILES string of the molecule is O=C(NO)c1ccc2c(c1)CC[C@]1(CC(=O)N(c3ccncc3)C1)C2. The number of carbonyl (C=O) groups excluding carboxylic acids is 2. The molecule has 1 spiro atoms. The second-order valence-electron chi connectivity index (χ2n) is 6.96. The molecule has 25 heavy (non-hydrogen) atoms. The van der Waals surface area contributed by atoms with E-state index in [9.17, 15) is 9.59 Å². The largest absolute Gasteiger partial charge is 0.312 e. The molecule has 2 aliphatic rings. The minimum absolute atomic E-state index is 0.0475. The molecule has 2 N–H and O–H groups in total. The number of nitrogens with one attached hydrogen (secondary N) is 1. The van der Waals surface area contributed by atoms with Gasteiger partial charge in [-0.1, -0.05) is 6.07 Å². The van der Waals surface area contributed by atoms with Gasteiger partial charge in [-0.2, -0.15) is 0 Å². The van der Waals surface area contributed by atoms with Gasteiger partial charge in [-0.3, -0.25) is 19.8 Å². The summed E-state index contributed by atoms with van der Waals surface area (Å²) in [6.07, 6.45) is 6.54. The van der Waals surface area contributed by atoms with Crippen molar-refractivity contribution in [3.05, 3.63) is 59.4 Å². The van der Waals surface area contributed by atoms with E-state index in [0.717, 1.165) is 30.5 Å². The average molecular weight is 337 g/mol. The number of pyridine rings is 1. The highest BCUT2D eigenvalue weighted by atomic mass is 16.5. The van der Waals surface area contributed by atoms with Gasteiger partial charge >= 0.3 is 0 Å². The van der Waals surface area contributed by atoms with Crippen LogP contribution in [0.4, 0.5) is 5.69 Å². The van der Waals surface area contributed by atoms with Crippen molar-refractivity contribution in [2.45, 2.75) is 25.7 Å². The number of amides is 2. The number of aryl methyl sites for hydroxylation is 1. The van der Waals surface area contributed by atoms with E-state index in [1.165, 1.54) is 5.56 Å². The van der Waals surface area contributed by atoms with E-state index in [2.05, 4.69) is 4.98 Å². The number of anilines is 1. The fraction of sp³-hybridized carbons (Fsp3) is 0.316. The lowest BCUT2D eigenvalue weighted by Gasteiger charge is -2.34. The summed E-state index contributed by atoms with van der Waals surface area (Å²) < 4.78 is 0. The van der Waals surface area contributed by atoms with Gasteiger partial charge in [-0.15, -0.1) is 0 Å². The van der Waals surface area contributed by atoms with E-state index in [1.807, 2.05) is 29.2 Å². The van der Waals surface area contributed by atoms with Crippen molar-refractivity contribution in [2.75, 3.05) is 11.4 Å². The molecule has 1 saturated heterocycles. The molecule has 1 aromatic carbocycles. The quantitative estimate of drug-likeness (QED) is 0.649. The van der Waals surface area contributed by atoms with Gasteiger partial charge in [-0.05, 0) is 54.7 Å². The van der Waals surface area contributed by atoms with Crippen molar-refractivity contribution in [3.8, 4) is 0 Å². The first kappa shape index (κ1) is 15.8. The van der Waals surface area contributed by atoms with Gasteiger partial charge in [0.25, 0.3) is 5.91 Å². The van der Waals surface area contributed by atoms with Crippen molar-refractivity contribution >= 4 is 17.5 Å². The van der Waals surface area contributed by atoms with Crippen molar-refractivity contribution < 1.29 is 14.8 Å². The van der Waals surface area contributed by atoms with Crippen LogP contribution in [-0.2, 0) is 17.6 Å². The van der Waals surface area contributed by atoms with Gasteiger partial charge in [0.05, 0.1) is 0 Å². The highest BCUT2D eigenvalue weighted by Crippen LogP contribution is 2.44. The van der Waals surface area contributed by atoms with Crippen LogP contribution in [-0.4, -0.2) is 28.6 Å². The van der Waals surface area contributed by atoms with Crippen molar-refractivity contribution in [1.82, 2.24) is 10.5 Å². The maximum Gasteiger partial charge on any atom is 0.274 e. The third-order valence-electron chi connectivity index (χ3n) is 5.36. The standard InChI is InChI=1S/C19H19N3O3/c23-17-11-19(12-22(17)16-4-7-20-8-5-16)6-3-13-9-14(18(24)21-25)1-2-15(13)10-19/h1-2,4-5,7-9,25H,3,6,10-12H2,(H,21,24)/t19-/m1/s1. The van der Waals surface area contributed by atoms with Crippen molar-refractivity contribution in [3.63, 3.8) is 0 Å². The molecule has 1 atom stereocenters. The maximum absolute atomic E-state index is 12.6. The normalized spacial score (nSPS) is 22.1. The molecule has 1 aliphatic carbocycles. The summed E-state index contributed by atoms with van der Waals surface area (Å²) in [6.45, 7) is 0.716. The maximum atomic E-state index is 12.6. The van der Waals surface area contributed by atoms with Crippen LogP contribution in [0.15, 0.2) is 42.7 Å². The number of fused-ring (bicyclic) bond motifs is 1. The first-order valence-corrected chi connectivity index (χ1v) is 8.37. The third kappa shape index (κ3) is 2.78. The smallest absolute Gasteiger partial charge is 0.274 e. The monoisotopic (exact) mass is 337 g/mol. The summed E-state index contributed by atoms with van der Waals surface area (Å²) in [7, 11) is 0. The van der Waals surface area contributed by atoms with Crippen LogP contribution < -0.4 is 10.4 Å². The molecule has 0 radical (unpaired) electrons. The lowest BCUT2D eigenvalue weighted by Crippen LogP contribution is -2.33. The summed E-state index contributed by atoms with van der Waals surface area (Å²) in [6, 6.07) is 9.24. The predicted molar refractivity (Wildman–Crippen MR) is 91.4 cm³/mol. The minimum Gasteiger partial charge on any atom is -0.312 e. The number of benzene rings is 1. The van der Waals surface area contributed by atoms with Crippen LogP contribution in [0.2, 0.25) is 0 Å². The van der Waals surface area contributed by atoms with Crippen LogP contribution in [0, 0.1) is 5.41 Å². The van der Waals surface area contributed by atoms with E-state index in [-0.39, 0.29) is 11.3 Å². The molecular weight excluding hydrogens is 318 g/mol. The highest BCUT2D eigenvalue weighted by molar-refractivity contribution is 5.96. The molecule has 1 fully saturated rings. The van der Waals surface area contributed by atoms with Crippen LogP contribution in [0.25, 0.3) is 0 Å². The number of hydroxylamine groups is 1. The first-order chi connectivity index (χ1) is 12.1. The molecule has 2 aromatic rings. The van der Waals surface area contributed by atoms with Crippen LogP contribution in [0.3, 0.4) is 0 Å². The predicted octanol–water partition coefficient (Wildman–Crippen LogP) is 2.11. The number of nitrogens with zero attached hydrogens (tertiary/aromatic N) is 2. The molecule has 4 rings (SSSR count). The van der Waals surface area contributed by atoms with Crippen molar-refractivity contribution in [1.29, 1.82) is 0 Å². The molecule has 2 amide bonds. The minimum atomic E-state index is -0.497. The summed E-state index contributed by atoms with van der Waals surface area (Å²) in [5.74, 6) is -0.339. The topological polar surface area (TPSA) is 82.5 Å². The fourth-order valence-corrected chi connectivity index (χ4v) is 4.07. The third-order valence-corrected chi connectivity index (χ3v) is 5.36. The average Bonchev–Trinajstić information content (AvgIpc) is 2.97. The Kier molecular flexibility index (Phi) is 3.77. The number of aromatic nitrogens is 1. The lowest BCUT2D eigenvalue weighted by atomic mass is 9.70. The van der Waals surface area contributed by atoms with Gasteiger partial charge in [-0.25, -0.2) is 5.48 Å². The second kappa shape index (κ2) is 5.97. The summed E-state index contributed by atoms with van der Waals surface area (Å²) in [5.41, 5.74) is 5.29. The number of carbonyl (C=O) groups is 2. The van der Waals surface area contributed by atoms with Crippen molar-refractivity contribution in [2.24, 2.45) is 5.41 Å². The van der Waals surface area contributed by atoms with E-state index in [4.69, 9.17) is 5.21 Å². The number of hydrogen-bond donors (Lipinski definition) is 2. The zero-order valence-corrected chi connectivity index (χ0v) is 13.7. The number of rotatable bonds is 2. The van der Waals surface area contributed by atoms with Gasteiger partial charge in [0.1, 0.15) is 0 Å². The molecule has 0 unspecified atom stereocenters.